The summed E-state index contributed by atoms with van der Waals surface area (Å²) in [6.45, 7) is 6.10. The van der Waals surface area contributed by atoms with Crippen LogP contribution < -0.4 is 5.32 Å². The van der Waals surface area contributed by atoms with Crippen LogP contribution in [0.5, 0.6) is 0 Å². The number of nitrogens with one attached hydrogen (secondary N) is 1. The number of allylic oxidation sites excluding steroid dienone is 1. The fraction of sp³-hybridized carbons (Fsp3) is 0.176. The first kappa shape index (κ1) is 17.0. The summed E-state index contributed by atoms with van der Waals surface area (Å²) in [6, 6.07) is 11.4. The predicted molar refractivity (Wildman–Crippen MR) is 96.2 cm³/mol. The molecule has 0 fully saturated rings. The lowest BCUT2D eigenvalue weighted by molar-refractivity contribution is -0.113. The van der Waals surface area contributed by atoms with Gasteiger partial charge in [0.15, 0.2) is 16.8 Å². The van der Waals surface area contributed by atoms with Gasteiger partial charge in [0.25, 0.3) is 0 Å². The van der Waals surface area contributed by atoms with E-state index in [0.29, 0.717) is 23.3 Å². The molecule has 0 saturated carbocycles. The van der Waals surface area contributed by atoms with Crippen molar-refractivity contribution in [3.05, 3.63) is 54.8 Å². The molecule has 0 spiro atoms. The van der Waals surface area contributed by atoms with Gasteiger partial charge in [-0.05, 0) is 6.92 Å². The molecule has 0 unspecified atom stereocenters. The second-order valence-corrected chi connectivity index (χ2v) is 6.17. The van der Waals surface area contributed by atoms with Crippen molar-refractivity contribution in [2.45, 2.75) is 18.6 Å². The molecule has 3 aromatic rings. The summed E-state index contributed by atoms with van der Waals surface area (Å²) in [4.78, 5) is 12.0. The molecule has 2 aromatic heterocycles. The number of thioether (sulfide) groups is 1. The largest absolute Gasteiger partial charge is 0.360 e. The first-order valence-corrected chi connectivity index (χ1v) is 8.61. The Bertz CT molecular complexity index is 872. The molecule has 0 radical (unpaired) electrons. The van der Waals surface area contributed by atoms with Crippen molar-refractivity contribution in [3.8, 4) is 11.4 Å². The highest BCUT2D eigenvalue weighted by atomic mass is 32.2. The van der Waals surface area contributed by atoms with E-state index in [4.69, 9.17) is 4.52 Å². The highest BCUT2D eigenvalue weighted by Crippen LogP contribution is 2.24. The van der Waals surface area contributed by atoms with Crippen molar-refractivity contribution in [1.82, 2.24) is 19.9 Å². The number of carbonyl (C=O) groups is 1. The van der Waals surface area contributed by atoms with E-state index in [1.165, 1.54) is 11.8 Å². The average molecular weight is 355 g/mol. The summed E-state index contributed by atoms with van der Waals surface area (Å²) in [7, 11) is 0. The molecular weight excluding hydrogens is 338 g/mol. The minimum absolute atomic E-state index is 0.187. The van der Waals surface area contributed by atoms with Crippen molar-refractivity contribution in [3.63, 3.8) is 0 Å². The van der Waals surface area contributed by atoms with E-state index in [-0.39, 0.29) is 11.7 Å². The first-order valence-electron chi connectivity index (χ1n) is 7.63. The zero-order valence-corrected chi connectivity index (χ0v) is 14.5. The molecule has 0 atom stereocenters. The SMILES string of the molecule is C=CCn1c(SCC(=O)Nc2cc(C)on2)nnc1-c1ccccc1. The van der Waals surface area contributed by atoms with E-state index in [2.05, 4.69) is 27.2 Å². The van der Waals surface area contributed by atoms with Crippen LogP contribution in [-0.4, -0.2) is 31.6 Å². The molecule has 1 aromatic carbocycles. The van der Waals surface area contributed by atoms with Gasteiger partial charge >= 0.3 is 0 Å². The number of rotatable bonds is 7. The number of hydrogen-bond donors (Lipinski definition) is 1. The summed E-state index contributed by atoms with van der Waals surface area (Å²) < 4.78 is 6.85. The summed E-state index contributed by atoms with van der Waals surface area (Å²) in [5, 5.41) is 15.5. The van der Waals surface area contributed by atoms with Crippen LogP contribution >= 0.6 is 11.8 Å². The number of aryl methyl sites for hydroxylation is 1. The second kappa shape index (κ2) is 7.80. The number of anilines is 1. The molecular formula is C17H17N5O2S. The molecule has 8 heteroatoms. The normalized spacial score (nSPS) is 10.6. The van der Waals surface area contributed by atoms with Crippen molar-refractivity contribution in [2.75, 3.05) is 11.1 Å². The van der Waals surface area contributed by atoms with Crippen LogP contribution in [0.4, 0.5) is 5.82 Å². The van der Waals surface area contributed by atoms with Gasteiger partial charge in [-0.15, -0.1) is 16.8 Å². The molecule has 0 aliphatic rings. The lowest BCUT2D eigenvalue weighted by Crippen LogP contribution is -2.14. The summed E-state index contributed by atoms with van der Waals surface area (Å²) in [5.74, 6) is 1.79. The quantitative estimate of drug-likeness (QED) is 0.517. The van der Waals surface area contributed by atoms with Crippen LogP contribution in [0.3, 0.4) is 0 Å². The van der Waals surface area contributed by atoms with E-state index in [9.17, 15) is 4.79 Å². The summed E-state index contributed by atoms with van der Waals surface area (Å²) in [6.07, 6.45) is 1.78. The Labute approximate surface area is 149 Å². The average Bonchev–Trinajstić information content (AvgIpc) is 3.20. The number of nitrogens with zero attached hydrogens (tertiary/aromatic N) is 4. The van der Waals surface area contributed by atoms with Crippen molar-refractivity contribution in [2.24, 2.45) is 0 Å². The van der Waals surface area contributed by atoms with Gasteiger partial charge in [0.05, 0.1) is 5.75 Å². The lowest BCUT2D eigenvalue weighted by atomic mass is 10.2. The number of benzene rings is 1. The van der Waals surface area contributed by atoms with Crippen LogP contribution in [0.15, 0.2) is 58.7 Å². The first-order chi connectivity index (χ1) is 12.2. The Morgan fingerprint density at radius 1 is 1.36 bits per heavy atom. The number of hydrogen-bond acceptors (Lipinski definition) is 6. The van der Waals surface area contributed by atoms with Gasteiger partial charge in [-0.1, -0.05) is 53.3 Å². The third kappa shape index (κ3) is 4.16. The maximum absolute atomic E-state index is 12.0. The molecule has 0 bridgehead atoms. The minimum atomic E-state index is -0.187. The molecule has 2 heterocycles. The molecule has 0 aliphatic carbocycles. The van der Waals surface area contributed by atoms with E-state index in [0.717, 1.165) is 11.4 Å². The Morgan fingerprint density at radius 3 is 2.84 bits per heavy atom. The second-order valence-electron chi connectivity index (χ2n) is 5.23. The number of carbonyl (C=O) groups excluding carboxylic acids is 1. The van der Waals surface area contributed by atoms with Gasteiger partial charge < -0.3 is 9.84 Å². The zero-order chi connectivity index (χ0) is 17.6. The van der Waals surface area contributed by atoms with Crippen molar-refractivity contribution < 1.29 is 9.32 Å². The third-order valence-corrected chi connectivity index (χ3v) is 4.26. The standard InChI is InChI=1S/C17H17N5O2S/c1-3-9-22-16(13-7-5-4-6-8-13)19-20-17(22)25-11-15(23)18-14-10-12(2)24-21-14/h3-8,10H,1,9,11H2,2H3,(H,18,21,23). The highest BCUT2D eigenvalue weighted by Gasteiger charge is 2.15. The fourth-order valence-corrected chi connectivity index (χ4v) is 2.97. The zero-order valence-electron chi connectivity index (χ0n) is 13.7. The summed E-state index contributed by atoms with van der Waals surface area (Å²) >= 11 is 1.31. The van der Waals surface area contributed by atoms with E-state index >= 15 is 0 Å². The maximum Gasteiger partial charge on any atom is 0.236 e. The summed E-state index contributed by atoms with van der Waals surface area (Å²) in [5.41, 5.74) is 0.964. The Balaban J connectivity index is 1.70. The molecule has 128 valence electrons. The third-order valence-electron chi connectivity index (χ3n) is 3.29. The highest BCUT2D eigenvalue weighted by molar-refractivity contribution is 7.99. The smallest absolute Gasteiger partial charge is 0.236 e. The Morgan fingerprint density at radius 2 is 2.16 bits per heavy atom. The molecule has 3 rings (SSSR count). The van der Waals surface area contributed by atoms with Crippen LogP contribution in [0.2, 0.25) is 0 Å². The number of aromatic nitrogens is 4. The van der Waals surface area contributed by atoms with Crippen molar-refractivity contribution >= 4 is 23.5 Å². The molecule has 25 heavy (non-hydrogen) atoms. The van der Waals surface area contributed by atoms with Gasteiger partial charge in [-0.25, -0.2) is 0 Å². The van der Waals surface area contributed by atoms with Crippen molar-refractivity contribution in [1.29, 1.82) is 0 Å². The Kier molecular flexibility index (Phi) is 5.30. The van der Waals surface area contributed by atoms with E-state index in [1.54, 1.807) is 19.1 Å². The van der Waals surface area contributed by atoms with Gasteiger partial charge in [0, 0.05) is 18.2 Å². The van der Waals surface area contributed by atoms with Gasteiger partial charge in [0.1, 0.15) is 5.76 Å². The Hall–Kier alpha value is -2.87. The molecule has 7 nitrogen and oxygen atoms in total. The molecule has 1 amide bonds. The van der Waals surface area contributed by atoms with Gasteiger partial charge in [-0.2, -0.15) is 0 Å². The molecule has 0 aliphatic heterocycles. The monoisotopic (exact) mass is 355 g/mol. The predicted octanol–water partition coefficient (Wildman–Crippen LogP) is 3.16. The van der Waals surface area contributed by atoms with E-state index in [1.807, 2.05) is 34.9 Å². The maximum atomic E-state index is 12.0. The molecule has 1 N–H and O–H groups in total. The number of amides is 1. The lowest BCUT2D eigenvalue weighted by Gasteiger charge is -2.07. The topological polar surface area (TPSA) is 85.8 Å². The molecule has 0 saturated heterocycles. The van der Waals surface area contributed by atoms with Crippen LogP contribution in [-0.2, 0) is 11.3 Å². The van der Waals surface area contributed by atoms with Crippen LogP contribution in [0.25, 0.3) is 11.4 Å². The van der Waals surface area contributed by atoms with Gasteiger partial charge in [-0.3, -0.25) is 9.36 Å². The van der Waals surface area contributed by atoms with Crippen LogP contribution in [0.1, 0.15) is 5.76 Å². The fourth-order valence-electron chi connectivity index (χ4n) is 2.22. The van der Waals surface area contributed by atoms with E-state index < -0.39 is 0 Å². The van der Waals surface area contributed by atoms with Crippen LogP contribution in [0, 0.1) is 6.92 Å². The van der Waals surface area contributed by atoms with Gasteiger partial charge in [0.2, 0.25) is 5.91 Å². The minimum Gasteiger partial charge on any atom is -0.360 e.